The molecule has 1 unspecified atom stereocenters. The third kappa shape index (κ3) is 9.72. The molecule has 0 aromatic heterocycles. The predicted octanol–water partition coefficient (Wildman–Crippen LogP) is 3.55. The lowest BCUT2D eigenvalue weighted by Gasteiger charge is -2.25. The average molecular weight is 544 g/mol. The molecule has 1 fully saturated rings. The van der Waals surface area contributed by atoms with Crippen molar-refractivity contribution in [3.63, 3.8) is 0 Å². The predicted molar refractivity (Wildman–Crippen MR) is 139 cm³/mol. The lowest BCUT2D eigenvalue weighted by Crippen LogP contribution is -2.56. The van der Waals surface area contributed by atoms with Gasteiger partial charge in [0.15, 0.2) is 11.6 Å². The summed E-state index contributed by atoms with van der Waals surface area (Å²) in [6, 6.07) is 0.890. The number of rotatable bonds is 14. The van der Waals surface area contributed by atoms with E-state index >= 15 is 0 Å². The Balaban J connectivity index is 2.02. The number of halogens is 2. The van der Waals surface area contributed by atoms with Crippen LogP contribution < -0.4 is 16.0 Å². The van der Waals surface area contributed by atoms with Crippen molar-refractivity contribution in [3.05, 3.63) is 35.4 Å². The normalized spacial score (nSPS) is 16.9. The van der Waals surface area contributed by atoms with Gasteiger partial charge in [-0.15, -0.1) is 0 Å². The number of carbonyl (C=O) groups is 4. The minimum atomic E-state index is -1.31. The summed E-state index contributed by atoms with van der Waals surface area (Å²) in [5, 5.41) is 8.32. The molecule has 0 spiro atoms. The molecule has 1 heterocycles. The third-order valence-electron chi connectivity index (χ3n) is 5.79. The van der Waals surface area contributed by atoms with Gasteiger partial charge in [-0.05, 0) is 49.8 Å². The first kappa shape index (κ1) is 30.1. The molecule has 1 aromatic rings. The Morgan fingerprint density at radius 1 is 1.08 bits per heavy atom. The van der Waals surface area contributed by atoms with E-state index in [2.05, 4.69) is 16.0 Å². The first-order valence-corrected chi connectivity index (χ1v) is 14.6. The van der Waals surface area contributed by atoms with Crippen LogP contribution in [0.25, 0.3) is 0 Å². The number of nitrogens with one attached hydrogen (secondary N) is 3. The van der Waals surface area contributed by atoms with Gasteiger partial charge in [-0.1, -0.05) is 47.9 Å². The van der Waals surface area contributed by atoms with Crippen LogP contribution in [0.3, 0.4) is 0 Å². The van der Waals surface area contributed by atoms with Crippen molar-refractivity contribution < 1.29 is 28.0 Å². The number of benzene rings is 1. The van der Waals surface area contributed by atoms with Crippen LogP contribution in [-0.2, 0) is 25.6 Å². The molecule has 3 atom stereocenters. The minimum absolute atomic E-state index is 0.208. The fourth-order valence-electron chi connectivity index (χ4n) is 3.78. The van der Waals surface area contributed by atoms with Gasteiger partial charge in [-0.2, -0.15) is 0 Å². The van der Waals surface area contributed by atoms with Crippen molar-refractivity contribution in [2.45, 2.75) is 76.6 Å². The summed E-state index contributed by atoms with van der Waals surface area (Å²) in [5.41, 5.74) is 0.237. The summed E-state index contributed by atoms with van der Waals surface area (Å²) in [5.74, 6) is -3.95. The second-order valence-electron chi connectivity index (χ2n) is 9.10. The van der Waals surface area contributed by atoms with Gasteiger partial charge < -0.3 is 16.0 Å². The van der Waals surface area contributed by atoms with E-state index in [4.69, 9.17) is 0 Å². The van der Waals surface area contributed by atoms with Gasteiger partial charge in [0.25, 0.3) is 5.91 Å². The first-order chi connectivity index (χ1) is 17.1. The van der Waals surface area contributed by atoms with Crippen LogP contribution in [0.1, 0.15) is 58.4 Å². The van der Waals surface area contributed by atoms with E-state index in [9.17, 15) is 28.0 Å². The summed E-state index contributed by atoms with van der Waals surface area (Å²) < 4.78 is 27.0. The third-order valence-corrected chi connectivity index (χ3v) is 8.80. The van der Waals surface area contributed by atoms with Crippen LogP contribution in [0.5, 0.6) is 0 Å². The van der Waals surface area contributed by atoms with E-state index in [1.807, 2.05) is 21.6 Å². The van der Waals surface area contributed by atoms with E-state index in [1.165, 1.54) is 18.2 Å². The highest BCUT2D eigenvalue weighted by molar-refractivity contribution is 8.77. The Morgan fingerprint density at radius 3 is 2.44 bits per heavy atom. The Labute approximate surface area is 219 Å². The summed E-state index contributed by atoms with van der Waals surface area (Å²) in [7, 11) is 3.79. The van der Waals surface area contributed by atoms with E-state index in [1.54, 1.807) is 20.8 Å². The van der Waals surface area contributed by atoms with E-state index in [0.29, 0.717) is 11.7 Å². The van der Waals surface area contributed by atoms with Gasteiger partial charge in [0.05, 0.1) is 0 Å². The quantitative estimate of drug-likeness (QED) is 0.188. The number of carbonyl (C=O) groups excluding carboxylic acids is 4. The molecule has 1 aliphatic heterocycles. The van der Waals surface area contributed by atoms with Gasteiger partial charge in [0.1, 0.15) is 12.1 Å². The van der Waals surface area contributed by atoms with Crippen LogP contribution in [0.2, 0.25) is 0 Å². The average Bonchev–Trinajstić information content (AvgIpc) is 3.35. The van der Waals surface area contributed by atoms with Crippen LogP contribution in [0, 0.1) is 17.6 Å². The van der Waals surface area contributed by atoms with Gasteiger partial charge in [0, 0.05) is 30.4 Å². The van der Waals surface area contributed by atoms with Crippen LogP contribution >= 0.6 is 21.6 Å². The molecular formula is C25H35F2N3O4S2. The lowest BCUT2D eigenvalue weighted by atomic mass is 9.98. The molecule has 2 rings (SSSR count). The first-order valence-electron chi connectivity index (χ1n) is 12.3. The topological polar surface area (TPSA) is 104 Å². The van der Waals surface area contributed by atoms with Crippen molar-refractivity contribution >= 4 is 45.1 Å². The van der Waals surface area contributed by atoms with E-state index in [-0.39, 0.29) is 36.8 Å². The largest absolute Gasteiger partial charge is 0.350 e. The summed E-state index contributed by atoms with van der Waals surface area (Å²) in [6.45, 7) is 5.37. The standard InChI is InChI=1S/C25H35F2N3O4S2/c1-4-28-25(34)23(32)20(14-16-9-10-18(26)19(27)13-16)29-24(33)22(15(2)3)30-21(31)8-6-5-7-17-11-12-35-36-17/h9-10,13,15,17,20,22H,4-8,11-12,14H2,1-3H3,(H,28,34)(H,29,33)(H,30,31)/t17?,20-,22-/m0/s1. The van der Waals surface area contributed by atoms with Crippen LogP contribution in [0.4, 0.5) is 8.78 Å². The molecule has 0 radical (unpaired) electrons. The minimum Gasteiger partial charge on any atom is -0.350 e. The monoisotopic (exact) mass is 543 g/mol. The zero-order valence-corrected chi connectivity index (χ0v) is 22.5. The Morgan fingerprint density at radius 2 is 1.83 bits per heavy atom. The Kier molecular flexibility index (Phi) is 12.7. The number of unbranched alkanes of at least 4 members (excludes halogenated alkanes) is 1. The molecule has 3 N–H and O–H groups in total. The molecule has 7 nitrogen and oxygen atoms in total. The van der Waals surface area contributed by atoms with Crippen molar-refractivity contribution in [3.8, 4) is 0 Å². The molecule has 1 aliphatic rings. The van der Waals surface area contributed by atoms with Crippen molar-refractivity contribution in [1.82, 2.24) is 16.0 Å². The molecule has 200 valence electrons. The summed E-state index contributed by atoms with van der Waals surface area (Å²) in [6.07, 6.45) is 3.98. The molecule has 11 heteroatoms. The number of likely N-dealkylation sites (N-methyl/N-ethyl adjacent to an activating group) is 1. The van der Waals surface area contributed by atoms with E-state index < -0.39 is 41.3 Å². The second-order valence-corrected chi connectivity index (χ2v) is 11.9. The summed E-state index contributed by atoms with van der Waals surface area (Å²) in [4.78, 5) is 50.5. The Bertz CT molecular complexity index is 927. The lowest BCUT2D eigenvalue weighted by molar-refractivity contribution is -0.140. The molecule has 3 amide bonds. The van der Waals surface area contributed by atoms with Crippen molar-refractivity contribution in [2.75, 3.05) is 12.3 Å². The fraction of sp³-hybridized carbons (Fsp3) is 0.600. The van der Waals surface area contributed by atoms with Crippen LogP contribution in [0.15, 0.2) is 18.2 Å². The van der Waals surface area contributed by atoms with Gasteiger partial charge in [-0.3, -0.25) is 19.2 Å². The highest BCUT2D eigenvalue weighted by Gasteiger charge is 2.31. The highest BCUT2D eigenvalue weighted by Crippen LogP contribution is 2.39. The number of hydrogen-bond acceptors (Lipinski definition) is 6. The number of ketones is 1. The molecule has 0 bridgehead atoms. The fourth-order valence-corrected chi connectivity index (χ4v) is 6.81. The van der Waals surface area contributed by atoms with Gasteiger partial charge >= 0.3 is 0 Å². The molecule has 0 aliphatic carbocycles. The highest BCUT2D eigenvalue weighted by atomic mass is 33.1. The molecule has 1 aromatic carbocycles. The zero-order chi connectivity index (χ0) is 26.7. The van der Waals surface area contributed by atoms with E-state index in [0.717, 1.165) is 25.0 Å². The number of hydrogen-bond donors (Lipinski definition) is 3. The van der Waals surface area contributed by atoms with Crippen molar-refractivity contribution in [1.29, 1.82) is 0 Å². The maximum absolute atomic E-state index is 13.7. The SMILES string of the molecule is CCNC(=O)C(=O)[C@H](Cc1ccc(F)c(F)c1)NC(=O)[C@@H](NC(=O)CCCCC1CCSS1)C(C)C. The molecular weight excluding hydrogens is 508 g/mol. The van der Waals surface area contributed by atoms with Crippen LogP contribution in [-0.4, -0.2) is 53.1 Å². The molecule has 0 saturated carbocycles. The maximum atomic E-state index is 13.7. The van der Waals surface area contributed by atoms with Gasteiger partial charge in [0.2, 0.25) is 17.6 Å². The van der Waals surface area contributed by atoms with Gasteiger partial charge in [-0.25, -0.2) is 8.78 Å². The number of Topliss-reactive ketones (excluding diaryl/α,β-unsaturated/α-hetero) is 1. The summed E-state index contributed by atoms with van der Waals surface area (Å²) >= 11 is 0. The zero-order valence-electron chi connectivity index (χ0n) is 20.9. The number of amides is 3. The maximum Gasteiger partial charge on any atom is 0.289 e. The molecule has 36 heavy (non-hydrogen) atoms. The second kappa shape index (κ2) is 15.2. The Hall–Kier alpha value is -2.14. The van der Waals surface area contributed by atoms with Crippen molar-refractivity contribution in [2.24, 2.45) is 5.92 Å². The molecule has 1 saturated heterocycles. The smallest absolute Gasteiger partial charge is 0.289 e.